The van der Waals surface area contributed by atoms with Gasteiger partial charge in [0.2, 0.25) is 0 Å². The van der Waals surface area contributed by atoms with Crippen LogP contribution in [-0.2, 0) is 0 Å². The van der Waals surface area contributed by atoms with E-state index in [-0.39, 0.29) is 17.3 Å². The van der Waals surface area contributed by atoms with E-state index < -0.39 is 5.82 Å². The standard InChI is InChI=1S/C17H14FN3OS/c1-22-14-8-11(18)2-3-13(14)16(19)15-12(4-6-21-17(15)20)10-5-7-23-9-10/h2-9,19H,1H3,(H2,20,21). The Kier molecular flexibility index (Phi) is 4.08. The van der Waals surface area contributed by atoms with Crippen molar-refractivity contribution in [2.45, 2.75) is 0 Å². The first kappa shape index (κ1) is 15.2. The van der Waals surface area contributed by atoms with Crippen molar-refractivity contribution in [3.8, 4) is 16.9 Å². The first-order valence-corrected chi connectivity index (χ1v) is 7.76. The fraction of sp³-hybridized carbons (Fsp3) is 0.0588. The van der Waals surface area contributed by atoms with E-state index in [0.29, 0.717) is 11.1 Å². The van der Waals surface area contributed by atoms with Gasteiger partial charge in [0.15, 0.2) is 0 Å². The van der Waals surface area contributed by atoms with Gasteiger partial charge < -0.3 is 10.5 Å². The number of thiophene rings is 1. The van der Waals surface area contributed by atoms with Gasteiger partial charge in [0.25, 0.3) is 0 Å². The largest absolute Gasteiger partial charge is 0.496 e. The van der Waals surface area contributed by atoms with E-state index in [0.717, 1.165) is 11.1 Å². The van der Waals surface area contributed by atoms with Crippen molar-refractivity contribution < 1.29 is 9.13 Å². The molecule has 0 bridgehead atoms. The van der Waals surface area contributed by atoms with Crippen LogP contribution >= 0.6 is 11.3 Å². The van der Waals surface area contributed by atoms with Crippen molar-refractivity contribution in [2.24, 2.45) is 0 Å². The van der Waals surface area contributed by atoms with E-state index in [1.807, 2.05) is 22.9 Å². The average molecular weight is 327 g/mol. The van der Waals surface area contributed by atoms with Gasteiger partial charge in [-0.05, 0) is 46.2 Å². The van der Waals surface area contributed by atoms with E-state index in [4.69, 9.17) is 15.9 Å². The number of nitrogens with one attached hydrogen (secondary N) is 1. The molecular formula is C17H14FN3OS. The van der Waals surface area contributed by atoms with Gasteiger partial charge in [-0.1, -0.05) is 0 Å². The molecule has 3 N–H and O–H groups in total. The molecule has 4 nitrogen and oxygen atoms in total. The fourth-order valence-corrected chi connectivity index (χ4v) is 3.06. The smallest absolute Gasteiger partial charge is 0.133 e. The van der Waals surface area contributed by atoms with Crippen LogP contribution in [0.4, 0.5) is 10.2 Å². The van der Waals surface area contributed by atoms with Crippen LogP contribution in [0, 0.1) is 11.2 Å². The highest BCUT2D eigenvalue weighted by Gasteiger charge is 2.19. The second kappa shape index (κ2) is 6.18. The maximum Gasteiger partial charge on any atom is 0.133 e. The van der Waals surface area contributed by atoms with Crippen molar-refractivity contribution in [2.75, 3.05) is 12.8 Å². The molecule has 0 aliphatic rings. The number of hydrogen-bond donors (Lipinski definition) is 2. The normalized spacial score (nSPS) is 10.5. The molecule has 2 aromatic heterocycles. The van der Waals surface area contributed by atoms with Gasteiger partial charge in [-0.3, -0.25) is 5.41 Å². The molecule has 0 aliphatic heterocycles. The molecule has 3 rings (SSSR count). The van der Waals surface area contributed by atoms with Crippen LogP contribution in [0.25, 0.3) is 11.1 Å². The lowest BCUT2D eigenvalue weighted by Crippen LogP contribution is -2.10. The van der Waals surface area contributed by atoms with Crippen LogP contribution < -0.4 is 10.5 Å². The van der Waals surface area contributed by atoms with Crippen LogP contribution in [-0.4, -0.2) is 17.8 Å². The number of rotatable bonds is 4. The number of halogens is 1. The molecule has 0 spiro atoms. The van der Waals surface area contributed by atoms with Crippen LogP contribution in [0.2, 0.25) is 0 Å². The zero-order chi connectivity index (χ0) is 16.4. The minimum atomic E-state index is -0.421. The maximum atomic E-state index is 13.4. The molecule has 1 aromatic carbocycles. The summed E-state index contributed by atoms with van der Waals surface area (Å²) in [6.45, 7) is 0. The fourth-order valence-electron chi connectivity index (χ4n) is 2.41. The number of aromatic nitrogens is 1. The van der Waals surface area contributed by atoms with Crippen LogP contribution in [0.15, 0.2) is 47.3 Å². The summed E-state index contributed by atoms with van der Waals surface area (Å²) in [6.07, 6.45) is 1.61. The minimum absolute atomic E-state index is 0.147. The predicted octanol–water partition coefficient (Wildman–Crippen LogP) is 3.96. The Labute approximate surface area is 136 Å². The van der Waals surface area contributed by atoms with Crippen molar-refractivity contribution in [1.29, 1.82) is 5.41 Å². The highest BCUT2D eigenvalue weighted by atomic mass is 32.1. The summed E-state index contributed by atoms with van der Waals surface area (Å²) in [5.74, 6) is 0.121. The molecule has 3 aromatic rings. The number of nitrogens with zero attached hydrogens (tertiary/aromatic N) is 1. The van der Waals surface area contributed by atoms with Gasteiger partial charge in [0.1, 0.15) is 17.4 Å². The zero-order valence-corrected chi connectivity index (χ0v) is 13.2. The predicted molar refractivity (Wildman–Crippen MR) is 90.8 cm³/mol. The van der Waals surface area contributed by atoms with Crippen LogP contribution in [0.3, 0.4) is 0 Å². The van der Waals surface area contributed by atoms with E-state index in [2.05, 4.69) is 4.98 Å². The third-order valence-corrected chi connectivity index (χ3v) is 4.18. The Bertz CT molecular complexity index is 862. The third kappa shape index (κ3) is 2.80. The second-order valence-corrected chi connectivity index (χ2v) is 5.63. The Morgan fingerprint density at radius 1 is 1.30 bits per heavy atom. The maximum absolute atomic E-state index is 13.4. The number of ether oxygens (including phenoxy) is 1. The molecule has 0 saturated heterocycles. The molecule has 0 amide bonds. The lowest BCUT2D eigenvalue weighted by molar-refractivity contribution is 0.410. The molecule has 0 aliphatic carbocycles. The SMILES string of the molecule is COc1cc(F)ccc1C(=N)c1c(-c2ccsc2)ccnc1N. The summed E-state index contributed by atoms with van der Waals surface area (Å²) < 4.78 is 18.6. The Balaban J connectivity index is 2.18. The number of anilines is 1. The summed E-state index contributed by atoms with van der Waals surface area (Å²) in [5.41, 5.74) is 8.92. The summed E-state index contributed by atoms with van der Waals surface area (Å²) in [5, 5.41) is 12.5. The number of nitrogen functional groups attached to an aromatic ring is 1. The molecule has 2 heterocycles. The van der Waals surface area contributed by atoms with Crippen molar-refractivity contribution >= 4 is 22.9 Å². The molecule has 0 radical (unpaired) electrons. The highest BCUT2D eigenvalue weighted by molar-refractivity contribution is 7.08. The van der Waals surface area contributed by atoms with Crippen molar-refractivity contribution in [3.63, 3.8) is 0 Å². The van der Waals surface area contributed by atoms with E-state index >= 15 is 0 Å². The lowest BCUT2D eigenvalue weighted by Gasteiger charge is -2.14. The van der Waals surface area contributed by atoms with Crippen LogP contribution in [0.5, 0.6) is 5.75 Å². The number of nitrogens with two attached hydrogens (primary N) is 1. The summed E-state index contributed by atoms with van der Waals surface area (Å²) in [7, 11) is 1.44. The van der Waals surface area contributed by atoms with E-state index in [1.54, 1.807) is 17.5 Å². The zero-order valence-electron chi connectivity index (χ0n) is 12.3. The summed E-state index contributed by atoms with van der Waals surface area (Å²) in [6, 6.07) is 7.83. The summed E-state index contributed by atoms with van der Waals surface area (Å²) in [4.78, 5) is 4.09. The van der Waals surface area contributed by atoms with Gasteiger partial charge in [-0.2, -0.15) is 11.3 Å². The second-order valence-electron chi connectivity index (χ2n) is 4.85. The van der Waals surface area contributed by atoms with Gasteiger partial charge in [-0.15, -0.1) is 0 Å². The van der Waals surface area contributed by atoms with Gasteiger partial charge >= 0.3 is 0 Å². The van der Waals surface area contributed by atoms with E-state index in [9.17, 15) is 4.39 Å². The number of hydrogen-bond acceptors (Lipinski definition) is 5. The Morgan fingerprint density at radius 2 is 2.13 bits per heavy atom. The minimum Gasteiger partial charge on any atom is -0.496 e. The molecule has 0 unspecified atom stereocenters. The molecule has 0 saturated carbocycles. The molecule has 116 valence electrons. The summed E-state index contributed by atoms with van der Waals surface area (Å²) >= 11 is 1.56. The number of pyridine rings is 1. The molecule has 23 heavy (non-hydrogen) atoms. The quantitative estimate of drug-likeness (QED) is 0.713. The van der Waals surface area contributed by atoms with Crippen molar-refractivity contribution in [1.82, 2.24) is 4.98 Å². The van der Waals surface area contributed by atoms with Gasteiger partial charge in [0.05, 0.1) is 18.4 Å². The Morgan fingerprint density at radius 3 is 2.83 bits per heavy atom. The van der Waals surface area contributed by atoms with Crippen LogP contribution in [0.1, 0.15) is 11.1 Å². The first-order chi connectivity index (χ1) is 11.1. The lowest BCUT2D eigenvalue weighted by atomic mass is 9.95. The van der Waals surface area contributed by atoms with Crippen molar-refractivity contribution in [3.05, 3.63) is 64.2 Å². The topological polar surface area (TPSA) is 72.0 Å². The Hall–Kier alpha value is -2.73. The third-order valence-electron chi connectivity index (χ3n) is 3.50. The van der Waals surface area contributed by atoms with Gasteiger partial charge in [-0.25, -0.2) is 9.37 Å². The molecule has 0 fully saturated rings. The first-order valence-electron chi connectivity index (χ1n) is 6.81. The monoisotopic (exact) mass is 327 g/mol. The molecule has 6 heteroatoms. The van der Waals surface area contributed by atoms with E-state index in [1.165, 1.54) is 25.3 Å². The molecule has 0 atom stereocenters. The average Bonchev–Trinajstić information content (AvgIpc) is 3.08. The number of methoxy groups -OCH3 is 1. The highest BCUT2D eigenvalue weighted by Crippen LogP contribution is 2.32. The number of benzene rings is 1. The molecular weight excluding hydrogens is 313 g/mol. The van der Waals surface area contributed by atoms with Gasteiger partial charge in [0, 0.05) is 17.8 Å².